The van der Waals surface area contributed by atoms with Crippen LogP contribution in [0.15, 0.2) is 0 Å². The third-order valence-corrected chi connectivity index (χ3v) is 4.33. The Balaban J connectivity index is 2.70. The van der Waals surface area contributed by atoms with E-state index in [1.807, 2.05) is 4.90 Å². The number of hydrogen-bond donors (Lipinski definition) is 1. The van der Waals surface area contributed by atoms with Crippen LogP contribution in [0.2, 0.25) is 0 Å². The molecule has 1 heterocycles. The lowest BCUT2D eigenvalue weighted by atomic mass is 9.98. The predicted octanol–water partition coefficient (Wildman–Crippen LogP) is 1.56. The molecule has 0 aromatic heterocycles. The second-order valence-electron chi connectivity index (χ2n) is 6.15. The number of carbonyl (C=O) groups excluding carboxylic acids is 1. The summed E-state index contributed by atoms with van der Waals surface area (Å²) in [4.78, 5) is 17.1. The second-order valence-corrected chi connectivity index (χ2v) is 6.15. The first kappa shape index (κ1) is 16.4. The number of carbonyl (C=O) groups is 1. The van der Waals surface area contributed by atoms with Crippen LogP contribution in [0.3, 0.4) is 0 Å². The van der Waals surface area contributed by atoms with E-state index in [4.69, 9.17) is 0 Å². The van der Waals surface area contributed by atoms with Crippen molar-refractivity contribution in [1.82, 2.24) is 15.1 Å². The Kier molecular flexibility index (Phi) is 6.27. The lowest BCUT2D eigenvalue weighted by Gasteiger charge is -2.42. The molecule has 112 valence electrons. The van der Waals surface area contributed by atoms with E-state index < -0.39 is 0 Å². The molecule has 0 aromatic carbocycles. The van der Waals surface area contributed by atoms with Crippen molar-refractivity contribution >= 4 is 5.91 Å². The molecule has 1 unspecified atom stereocenters. The topological polar surface area (TPSA) is 35.6 Å². The van der Waals surface area contributed by atoms with Crippen LogP contribution in [0.1, 0.15) is 41.0 Å². The van der Waals surface area contributed by atoms with Crippen molar-refractivity contribution in [1.29, 1.82) is 0 Å². The largest absolute Gasteiger partial charge is 0.341 e. The van der Waals surface area contributed by atoms with Gasteiger partial charge in [0.15, 0.2) is 0 Å². The molecular formula is C15H31N3O. The van der Waals surface area contributed by atoms with Gasteiger partial charge in [0, 0.05) is 39.3 Å². The summed E-state index contributed by atoms with van der Waals surface area (Å²) in [6.07, 6.45) is 1.12. The van der Waals surface area contributed by atoms with Crippen molar-refractivity contribution in [2.75, 3.05) is 39.3 Å². The summed E-state index contributed by atoms with van der Waals surface area (Å²) < 4.78 is 0. The van der Waals surface area contributed by atoms with Gasteiger partial charge in [-0.15, -0.1) is 0 Å². The fourth-order valence-corrected chi connectivity index (χ4v) is 2.61. The first-order chi connectivity index (χ1) is 8.93. The highest BCUT2D eigenvalue weighted by molar-refractivity contribution is 5.85. The van der Waals surface area contributed by atoms with Crippen molar-refractivity contribution < 1.29 is 4.79 Å². The molecule has 1 aliphatic heterocycles. The average molecular weight is 269 g/mol. The van der Waals surface area contributed by atoms with Crippen LogP contribution in [0.25, 0.3) is 0 Å². The van der Waals surface area contributed by atoms with E-state index in [-0.39, 0.29) is 11.4 Å². The molecule has 1 amide bonds. The fraction of sp³-hybridized carbons (Fsp3) is 0.933. The number of nitrogens with zero attached hydrogens (tertiary/aromatic N) is 2. The van der Waals surface area contributed by atoms with E-state index in [0.29, 0.717) is 5.92 Å². The molecule has 1 rings (SSSR count). The number of rotatable bonds is 6. The zero-order valence-electron chi connectivity index (χ0n) is 13.3. The van der Waals surface area contributed by atoms with Crippen molar-refractivity contribution in [3.63, 3.8) is 0 Å². The number of likely N-dealkylation sites (N-methyl/N-ethyl adjacent to an activating group) is 1. The smallest absolute Gasteiger partial charge is 0.242 e. The Morgan fingerprint density at radius 3 is 2.37 bits per heavy atom. The fourth-order valence-electron chi connectivity index (χ4n) is 2.61. The molecule has 0 saturated carbocycles. The molecule has 4 nitrogen and oxygen atoms in total. The molecule has 0 radical (unpaired) electrons. The Hall–Kier alpha value is -0.610. The first-order valence-electron chi connectivity index (χ1n) is 7.68. The summed E-state index contributed by atoms with van der Waals surface area (Å²) >= 11 is 0. The summed E-state index contributed by atoms with van der Waals surface area (Å²) in [5.74, 6) is 0.847. The standard InChI is InChI=1S/C15H31N3O/c1-6-13(3)12-17(7-2)14(19)15(4,5)18-10-8-16-9-11-18/h13,16H,6-12H2,1-5H3. The zero-order chi connectivity index (χ0) is 14.5. The maximum atomic E-state index is 12.8. The van der Waals surface area contributed by atoms with Gasteiger partial charge in [-0.05, 0) is 26.7 Å². The first-order valence-corrected chi connectivity index (χ1v) is 7.68. The van der Waals surface area contributed by atoms with Gasteiger partial charge in [0.1, 0.15) is 0 Å². The number of nitrogens with one attached hydrogen (secondary N) is 1. The minimum absolute atomic E-state index is 0.275. The SMILES string of the molecule is CCC(C)CN(CC)C(=O)C(C)(C)N1CCNCC1. The average Bonchev–Trinajstić information content (AvgIpc) is 2.44. The summed E-state index contributed by atoms with van der Waals surface area (Å²) in [6.45, 7) is 16.2. The lowest BCUT2D eigenvalue weighted by Crippen LogP contribution is -2.61. The predicted molar refractivity (Wildman–Crippen MR) is 80.2 cm³/mol. The van der Waals surface area contributed by atoms with E-state index in [9.17, 15) is 4.79 Å². The van der Waals surface area contributed by atoms with Gasteiger partial charge in [-0.2, -0.15) is 0 Å². The molecule has 0 spiro atoms. The van der Waals surface area contributed by atoms with E-state index in [1.54, 1.807) is 0 Å². The lowest BCUT2D eigenvalue weighted by molar-refractivity contribution is -0.143. The van der Waals surface area contributed by atoms with Crippen LogP contribution in [0.5, 0.6) is 0 Å². The summed E-state index contributed by atoms with van der Waals surface area (Å²) in [7, 11) is 0. The van der Waals surface area contributed by atoms with E-state index in [2.05, 4.69) is 44.8 Å². The minimum atomic E-state index is -0.383. The van der Waals surface area contributed by atoms with Gasteiger partial charge in [0.25, 0.3) is 0 Å². The van der Waals surface area contributed by atoms with Crippen LogP contribution < -0.4 is 5.32 Å². The monoisotopic (exact) mass is 269 g/mol. The Labute approximate surface area is 118 Å². The van der Waals surface area contributed by atoms with Gasteiger partial charge >= 0.3 is 0 Å². The number of piperazine rings is 1. The van der Waals surface area contributed by atoms with Gasteiger partial charge in [-0.1, -0.05) is 20.3 Å². The van der Waals surface area contributed by atoms with Crippen LogP contribution in [0.4, 0.5) is 0 Å². The molecule has 1 fully saturated rings. The maximum Gasteiger partial charge on any atom is 0.242 e. The molecule has 1 saturated heterocycles. The highest BCUT2D eigenvalue weighted by atomic mass is 16.2. The van der Waals surface area contributed by atoms with Gasteiger partial charge in [0.2, 0.25) is 5.91 Å². The van der Waals surface area contributed by atoms with Crippen LogP contribution >= 0.6 is 0 Å². The number of hydrogen-bond acceptors (Lipinski definition) is 3. The van der Waals surface area contributed by atoms with Crippen LogP contribution in [-0.2, 0) is 4.79 Å². The summed E-state index contributed by atoms with van der Waals surface area (Å²) in [6, 6.07) is 0. The van der Waals surface area contributed by atoms with Crippen molar-refractivity contribution in [2.24, 2.45) is 5.92 Å². The highest BCUT2D eigenvalue weighted by Crippen LogP contribution is 2.19. The Morgan fingerprint density at radius 1 is 1.32 bits per heavy atom. The zero-order valence-corrected chi connectivity index (χ0v) is 13.3. The highest BCUT2D eigenvalue weighted by Gasteiger charge is 2.37. The van der Waals surface area contributed by atoms with Gasteiger partial charge in [-0.25, -0.2) is 0 Å². The molecule has 1 atom stereocenters. The third-order valence-electron chi connectivity index (χ3n) is 4.33. The normalized spacial score (nSPS) is 19.2. The summed E-state index contributed by atoms with van der Waals surface area (Å²) in [5.41, 5.74) is -0.383. The van der Waals surface area contributed by atoms with Crippen LogP contribution in [-0.4, -0.2) is 60.5 Å². The molecule has 0 aromatic rings. The molecule has 1 N–H and O–H groups in total. The second kappa shape index (κ2) is 7.25. The van der Waals surface area contributed by atoms with E-state index >= 15 is 0 Å². The molecular weight excluding hydrogens is 238 g/mol. The molecule has 0 aliphatic carbocycles. The van der Waals surface area contributed by atoms with Gasteiger partial charge in [-0.3, -0.25) is 9.69 Å². The third kappa shape index (κ3) is 4.18. The van der Waals surface area contributed by atoms with Crippen molar-refractivity contribution in [2.45, 2.75) is 46.6 Å². The summed E-state index contributed by atoms with van der Waals surface area (Å²) in [5, 5.41) is 3.34. The van der Waals surface area contributed by atoms with Crippen molar-refractivity contribution in [3.05, 3.63) is 0 Å². The molecule has 4 heteroatoms. The minimum Gasteiger partial charge on any atom is -0.341 e. The molecule has 19 heavy (non-hydrogen) atoms. The van der Waals surface area contributed by atoms with Crippen molar-refractivity contribution in [3.8, 4) is 0 Å². The Bertz CT molecular complexity index is 285. The Morgan fingerprint density at radius 2 is 1.89 bits per heavy atom. The molecule has 1 aliphatic rings. The number of amides is 1. The molecule has 0 bridgehead atoms. The van der Waals surface area contributed by atoms with E-state index in [1.165, 1.54) is 0 Å². The van der Waals surface area contributed by atoms with E-state index in [0.717, 1.165) is 45.7 Å². The quantitative estimate of drug-likeness (QED) is 0.795. The van der Waals surface area contributed by atoms with Gasteiger partial charge in [0.05, 0.1) is 5.54 Å². The van der Waals surface area contributed by atoms with Crippen LogP contribution in [0, 0.1) is 5.92 Å². The van der Waals surface area contributed by atoms with Gasteiger partial charge < -0.3 is 10.2 Å². The maximum absolute atomic E-state index is 12.8.